The first-order valence-electron chi connectivity index (χ1n) is 9.12. The summed E-state index contributed by atoms with van der Waals surface area (Å²) in [6, 6.07) is 7.05. The third-order valence-electron chi connectivity index (χ3n) is 5.05. The highest BCUT2D eigenvalue weighted by Crippen LogP contribution is 2.35. The number of aryl methyl sites for hydroxylation is 1. The summed E-state index contributed by atoms with van der Waals surface area (Å²) >= 11 is 0. The summed E-state index contributed by atoms with van der Waals surface area (Å²) in [5.74, 6) is 0.0189. The topological polar surface area (TPSA) is 76.4 Å². The van der Waals surface area contributed by atoms with Crippen molar-refractivity contribution in [3.05, 3.63) is 71.3 Å². The maximum Gasteiger partial charge on any atom is 0.419 e. The lowest BCUT2D eigenvalue weighted by Gasteiger charge is -2.22. The van der Waals surface area contributed by atoms with Crippen molar-refractivity contribution in [2.45, 2.75) is 20.0 Å². The van der Waals surface area contributed by atoms with Crippen molar-refractivity contribution in [3.8, 4) is 0 Å². The summed E-state index contributed by atoms with van der Waals surface area (Å²) in [6.07, 6.45) is 5.92. The summed E-state index contributed by atoms with van der Waals surface area (Å²) in [5.41, 5.74) is 3.81. The van der Waals surface area contributed by atoms with E-state index in [1.807, 2.05) is 24.0 Å². The van der Waals surface area contributed by atoms with E-state index in [0.29, 0.717) is 30.2 Å². The van der Waals surface area contributed by atoms with Crippen molar-refractivity contribution in [2.24, 2.45) is 0 Å². The zero-order valence-corrected chi connectivity index (χ0v) is 15.6. The zero-order valence-electron chi connectivity index (χ0n) is 15.6. The number of hydrogen-bond acceptors (Lipinski definition) is 6. The van der Waals surface area contributed by atoms with Crippen LogP contribution in [0.1, 0.15) is 16.8 Å². The predicted molar refractivity (Wildman–Crippen MR) is 103 cm³/mol. The van der Waals surface area contributed by atoms with Gasteiger partial charge < -0.3 is 9.64 Å². The van der Waals surface area contributed by atoms with Crippen LogP contribution in [0.4, 0.5) is 20.6 Å². The molecule has 0 atom stereocenters. The van der Waals surface area contributed by atoms with Crippen molar-refractivity contribution >= 4 is 23.7 Å². The lowest BCUT2D eigenvalue weighted by Crippen LogP contribution is -2.25. The van der Waals surface area contributed by atoms with Gasteiger partial charge in [-0.05, 0) is 30.2 Å². The summed E-state index contributed by atoms with van der Waals surface area (Å²) in [6.45, 7) is 3.21. The molecule has 0 bridgehead atoms. The Morgan fingerprint density at radius 3 is 2.86 bits per heavy atom. The third kappa shape index (κ3) is 3.10. The van der Waals surface area contributed by atoms with Gasteiger partial charge in [0.25, 0.3) is 0 Å². The number of nitrogens with zero attached hydrogens (tertiary/aromatic N) is 6. The average molecular weight is 392 g/mol. The fourth-order valence-electron chi connectivity index (χ4n) is 3.66. The van der Waals surface area contributed by atoms with E-state index in [9.17, 15) is 4.79 Å². The summed E-state index contributed by atoms with van der Waals surface area (Å²) in [5, 5.41) is 7.52. The number of fused-ring (bicyclic) bond motifs is 1. The number of amides is 1. The Hall–Kier alpha value is -3.75. The van der Waals surface area contributed by atoms with Crippen molar-refractivity contribution < 1.29 is 13.9 Å². The first-order valence-corrected chi connectivity index (χ1v) is 9.12. The number of aromatic nitrogens is 4. The minimum absolute atomic E-state index is 0.192. The van der Waals surface area contributed by atoms with Crippen LogP contribution in [0.3, 0.4) is 0 Å². The highest BCUT2D eigenvalue weighted by molar-refractivity contribution is 5.93. The van der Waals surface area contributed by atoms with Crippen molar-refractivity contribution in [1.82, 2.24) is 20.0 Å². The SMILES string of the molecule is Cc1cc(N2Cc3cccnc3C2)c(F)cc1N1C/C(=C/n2ccnn2)OC1=O. The Kier molecular flexibility index (Phi) is 4.01. The van der Waals surface area contributed by atoms with Crippen molar-refractivity contribution in [2.75, 3.05) is 16.3 Å². The Labute approximate surface area is 165 Å². The minimum atomic E-state index is -0.551. The van der Waals surface area contributed by atoms with Crippen LogP contribution in [0.5, 0.6) is 0 Å². The first-order chi connectivity index (χ1) is 14.1. The maximum atomic E-state index is 15.0. The van der Waals surface area contributed by atoms with E-state index in [-0.39, 0.29) is 12.4 Å². The molecule has 1 fully saturated rings. The number of carbonyl (C=O) groups excluding carboxylic acids is 1. The molecule has 4 heterocycles. The monoisotopic (exact) mass is 392 g/mol. The van der Waals surface area contributed by atoms with Gasteiger partial charge in [0.05, 0.1) is 48.8 Å². The zero-order chi connectivity index (χ0) is 20.0. The van der Waals surface area contributed by atoms with Crippen LogP contribution >= 0.6 is 0 Å². The smallest absolute Gasteiger partial charge is 0.411 e. The van der Waals surface area contributed by atoms with Gasteiger partial charge in [0.1, 0.15) is 11.6 Å². The molecule has 0 N–H and O–H groups in total. The van der Waals surface area contributed by atoms with E-state index < -0.39 is 6.09 Å². The molecule has 3 aromatic rings. The molecule has 0 aliphatic carbocycles. The standard InChI is InChI=1S/C20H17FN6O2/c1-13-7-19(25-9-14-3-2-4-22-17(14)12-25)16(21)8-18(13)27-11-15(29-20(27)28)10-26-6-5-23-24-26/h2-8,10H,9,11-12H2,1H3/b15-10-. The molecule has 0 unspecified atom stereocenters. The summed E-state index contributed by atoms with van der Waals surface area (Å²) in [7, 11) is 0. The fourth-order valence-corrected chi connectivity index (χ4v) is 3.66. The molecule has 0 radical (unpaired) electrons. The Bertz CT molecular complexity index is 1100. The summed E-state index contributed by atoms with van der Waals surface area (Å²) < 4.78 is 21.7. The molecular weight excluding hydrogens is 375 g/mol. The van der Waals surface area contributed by atoms with Gasteiger partial charge in [-0.2, -0.15) is 0 Å². The van der Waals surface area contributed by atoms with E-state index in [0.717, 1.165) is 16.8 Å². The second-order valence-corrected chi connectivity index (χ2v) is 6.99. The quantitative estimate of drug-likeness (QED) is 0.682. The van der Waals surface area contributed by atoms with Crippen LogP contribution < -0.4 is 9.80 Å². The van der Waals surface area contributed by atoms with Gasteiger partial charge in [0.15, 0.2) is 0 Å². The van der Waals surface area contributed by atoms with E-state index in [1.165, 1.54) is 21.8 Å². The Morgan fingerprint density at radius 1 is 1.17 bits per heavy atom. The molecule has 5 rings (SSSR count). The lowest BCUT2D eigenvalue weighted by atomic mass is 10.1. The van der Waals surface area contributed by atoms with Gasteiger partial charge in [-0.25, -0.2) is 13.9 Å². The van der Waals surface area contributed by atoms with Crippen LogP contribution in [0.25, 0.3) is 6.20 Å². The molecule has 146 valence electrons. The lowest BCUT2D eigenvalue weighted by molar-refractivity contribution is 0.199. The molecule has 1 amide bonds. The maximum absolute atomic E-state index is 15.0. The predicted octanol–water partition coefficient (Wildman–Crippen LogP) is 3.10. The second-order valence-electron chi connectivity index (χ2n) is 6.99. The van der Waals surface area contributed by atoms with Crippen LogP contribution in [-0.2, 0) is 17.8 Å². The van der Waals surface area contributed by atoms with Crippen molar-refractivity contribution in [3.63, 3.8) is 0 Å². The fraction of sp³-hybridized carbons (Fsp3) is 0.200. The molecule has 8 nitrogen and oxygen atoms in total. The van der Waals surface area contributed by atoms with Crippen LogP contribution in [0.15, 0.2) is 48.6 Å². The average Bonchev–Trinajstić information content (AvgIpc) is 3.43. The Morgan fingerprint density at radius 2 is 2.07 bits per heavy atom. The molecule has 1 saturated heterocycles. The number of anilines is 2. The van der Waals surface area contributed by atoms with E-state index in [2.05, 4.69) is 15.3 Å². The van der Waals surface area contributed by atoms with Gasteiger partial charge in [0.2, 0.25) is 0 Å². The number of benzene rings is 1. The largest absolute Gasteiger partial charge is 0.419 e. The van der Waals surface area contributed by atoms with Gasteiger partial charge in [-0.3, -0.25) is 9.88 Å². The Balaban J connectivity index is 1.41. The number of cyclic esters (lactones) is 1. The van der Waals surface area contributed by atoms with Gasteiger partial charge in [0, 0.05) is 18.8 Å². The molecule has 2 aliphatic heterocycles. The molecule has 0 spiro atoms. The summed E-state index contributed by atoms with van der Waals surface area (Å²) in [4.78, 5) is 20.1. The van der Waals surface area contributed by atoms with Gasteiger partial charge >= 0.3 is 6.09 Å². The highest BCUT2D eigenvalue weighted by Gasteiger charge is 2.31. The number of hydrogen-bond donors (Lipinski definition) is 0. The second kappa shape index (κ2) is 6.69. The third-order valence-corrected chi connectivity index (χ3v) is 5.05. The minimum Gasteiger partial charge on any atom is -0.411 e. The van der Waals surface area contributed by atoms with Crippen LogP contribution in [0, 0.1) is 12.7 Å². The van der Waals surface area contributed by atoms with Crippen molar-refractivity contribution in [1.29, 1.82) is 0 Å². The van der Waals surface area contributed by atoms with E-state index in [1.54, 1.807) is 24.7 Å². The highest BCUT2D eigenvalue weighted by atomic mass is 19.1. The van der Waals surface area contributed by atoms with Gasteiger partial charge in [-0.15, -0.1) is 5.10 Å². The molecular formula is C20H17FN6O2. The number of pyridine rings is 1. The van der Waals surface area contributed by atoms with Crippen LogP contribution in [-0.4, -0.2) is 32.6 Å². The molecule has 2 aliphatic rings. The number of carbonyl (C=O) groups is 1. The first kappa shape index (κ1) is 17.4. The molecule has 29 heavy (non-hydrogen) atoms. The number of halogens is 1. The van der Waals surface area contributed by atoms with Crippen LogP contribution in [0.2, 0.25) is 0 Å². The number of ether oxygens (including phenoxy) is 1. The van der Waals surface area contributed by atoms with Gasteiger partial charge in [-0.1, -0.05) is 11.3 Å². The molecule has 0 saturated carbocycles. The van der Waals surface area contributed by atoms with E-state index in [4.69, 9.17) is 4.74 Å². The normalized spacial score (nSPS) is 17.2. The molecule has 9 heteroatoms. The van der Waals surface area contributed by atoms with E-state index >= 15 is 4.39 Å². The molecule has 2 aromatic heterocycles. The molecule has 1 aromatic carbocycles. The number of rotatable bonds is 3.